The Hall–Kier alpha value is -0.503. The van der Waals surface area contributed by atoms with Gasteiger partial charge in [-0.1, -0.05) is 0 Å². The molecular weight excluding hydrogens is 220 g/mol. The highest BCUT2D eigenvalue weighted by Gasteiger charge is 1.97. The van der Waals surface area contributed by atoms with Gasteiger partial charge in [0.15, 0.2) is 0 Å². The smallest absolute Gasteiger partial charge is 0.511 e. The Kier molecular flexibility index (Phi) is 31.1. The quantitative estimate of drug-likeness (QED) is 0.560. The lowest BCUT2D eigenvalue weighted by Gasteiger charge is -1.86. The standard InChI is InChI=1S/C4H10O.C2H6O3Si.C2H6O2/c1-3-5-4-2;1-2-5-6(3)4;3-1-2-4/h3-4H2,1-2H3;3H,2H2,1H3;3-4H,1-2H2. The average molecular weight is 242 g/mol. The first-order valence-electron chi connectivity index (χ1n) is 4.75. The Morgan fingerprint density at radius 1 is 1.00 bits per heavy atom. The highest BCUT2D eigenvalue weighted by Crippen LogP contribution is 1.64. The van der Waals surface area contributed by atoms with Crippen molar-refractivity contribution in [1.29, 1.82) is 0 Å². The zero-order chi connectivity index (χ0) is 12.5. The Morgan fingerprint density at radius 2 is 1.40 bits per heavy atom. The van der Waals surface area contributed by atoms with Gasteiger partial charge >= 0.3 is 9.17 Å². The minimum absolute atomic E-state index is 0.125. The summed E-state index contributed by atoms with van der Waals surface area (Å²) >= 11 is 0. The van der Waals surface area contributed by atoms with Crippen molar-refractivity contribution in [1.82, 2.24) is 0 Å². The summed E-state index contributed by atoms with van der Waals surface area (Å²) in [6.45, 7) is 7.40. The van der Waals surface area contributed by atoms with E-state index < -0.39 is 9.17 Å². The zero-order valence-electron chi connectivity index (χ0n) is 9.60. The van der Waals surface area contributed by atoms with Crippen molar-refractivity contribution in [2.45, 2.75) is 20.8 Å². The maximum Gasteiger partial charge on any atom is 0.764 e. The fourth-order valence-corrected chi connectivity index (χ4v) is 0.575. The molecule has 0 aliphatic heterocycles. The molecule has 3 N–H and O–H groups in total. The molecule has 0 aliphatic carbocycles. The van der Waals surface area contributed by atoms with E-state index in [1.165, 1.54) is 0 Å². The van der Waals surface area contributed by atoms with Crippen LogP contribution in [-0.4, -0.2) is 57.2 Å². The van der Waals surface area contributed by atoms with E-state index in [1.807, 2.05) is 13.8 Å². The van der Waals surface area contributed by atoms with Gasteiger partial charge in [0.05, 0.1) is 19.8 Å². The van der Waals surface area contributed by atoms with Crippen LogP contribution in [0.15, 0.2) is 0 Å². The van der Waals surface area contributed by atoms with Gasteiger partial charge in [-0.2, -0.15) is 0 Å². The van der Waals surface area contributed by atoms with E-state index in [0.29, 0.717) is 6.61 Å². The third-order valence-electron chi connectivity index (χ3n) is 0.776. The molecule has 0 aliphatic rings. The van der Waals surface area contributed by atoms with Crippen molar-refractivity contribution in [2.75, 3.05) is 33.0 Å². The molecule has 0 bridgehead atoms. The third kappa shape index (κ3) is 59.0. The van der Waals surface area contributed by atoms with Gasteiger partial charge in [0.1, 0.15) is 0 Å². The monoisotopic (exact) mass is 242 g/mol. The summed E-state index contributed by atoms with van der Waals surface area (Å²) in [5, 5.41) is 15.2. The Labute approximate surface area is 92.4 Å². The van der Waals surface area contributed by atoms with E-state index in [2.05, 4.69) is 4.43 Å². The molecule has 0 aromatic rings. The van der Waals surface area contributed by atoms with Gasteiger partial charge in [0.2, 0.25) is 0 Å². The molecule has 0 unspecified atom stereocenters. The molecule has 0 aromatic carbocycles. The van der Waals surface area contributed by atoms with Gasteiger partial charge in [-0.15, -0.1) is 0 Å². The van der Waals surface area contributed by atoms with Crippen LogP contribution < -0.4 is 0 Å². The number of ether oxygens (including phenoxy) is 1. The molecule has 0 aromatic heterocycles. The molecular formula is C8H22O6Si. The summed E-state index contributed by atoms with van der Waals surface area (Å²) in [5.74, 6) is 0. The fraction of sp³-hybridized carbons (Fsp3) is 1.00. The fourth-order valence-electron chi connectivity index (χ4n) is 0.328. The van der Waals surface area contributed by atoms with Crippen LogP contribution >= 0.6 is 0 Å². The van der Waals surface area contributed by atoms with Gasteiger partial charge in [-0.3, -0.25) is 4.46 Å². The van der Waals surface area contributed by atoms with E-state index in [0.717, 1.165) is 13.2 Å². The molecule has 6 nitrogen and oxygen atoms in total. The van der Waals surface area contributed by atoms with Crippen molar-refractivity contribution in [3.63, 3.8) is 0 Å². The van der Waals surface area contributed by atoms with E-state index in [9.17, 15) is 4.46 Å². The van der Waals surface area contributed by atoms with Gasteiger partial charge in [0.25, 0.3) is 0 Å². The topological polar surface area (TPSA) is 96.2 Å². The first kappa shape index (κ1) is 20.0. The molecule has 0 rings (SSSR count). The summed E-state index contributed by atoms with van der Waals surface area (Å²) in [5.41, 5.74) is 0. The molecule has 0 atom stereocenters. The number of hydrogen-bond acceptors (Lipinski definition) is 5. The van der Waals surface area contributed by atoms with Crippen molar-refractivity contribution in [3.8, 4) is 0 Å². The van der Waals surface area contributed by atoms with Gasteiger partial charge < -0.3 is 24.2 Å². The normalized spacial score (nSPS) is 7.80. The highest BCUT2D eigenvalue weighted by molar-refractivity contribution is 6.24. The van der Waals surface area contributed by atoms with Crippen molar-refractivity contribution in [2.24, 2.45) is 0 Å². The lowest BCUT2D eigenvalue weighted by Crippen LogP contribution is -2.03. The lowest BCUT2D eigenvalue weighted by atomic mass is 10.8. The molecule has 0 heterocycles. The second-order valence-corrected chi connectivity index (χ2v) is 2.75. The van der Waals surface area contributed by atoms with E-state index in [1.54, 1.807) is 6.92 Å². The molecule has 15 heavy (non-hydrogen) atoms. The summed E-state index contributed by atoms with van der Waals surface area (Å²) in [6.07, 6.45) is 0. The van der Waals surface area contributed by atoms with E-state index in [4.69, 9.17) is 19.7 Å². The summed E-state index contributed by atoms with van der Waals surface area (Å²) in [4.78, 5) is 7.88. The molecule has 0 spiro atoms. The van der Waals surface area contributed by atoms with Crippen LogP contribution in [0.4, 0.5) is 0 Å². The zero-order valence-corrected chi connectivity index (χ0v) is 10.6. The number of aliphatic hydroxyl groups excluding tert-OH is 2. The molecule has 0 fully saturated rings. The van der Waals surface area contributed by atoms with Crippen LogP contribution in [-0.2, 0) is 13.6 Å². The Bertz CT molecular complexity index is 107. The van der Waals surface area contributed by atoms with Crippen LogP contribution in [0.2, 0.25) is 0 Å². The minimum Gasteiger partial charge on any atom is -0.511 e. The predicted octanol–water partition coefficient (Wildman–Crippen LogP) is -0.556. The van der Waals surface area contributed by atoms with Crippen molar-refractivity contribution >= 4 is 9.17 Å². The number of rotatable bonds is 5. The predicted molar refractivity (Wildman–Crippen MR) is 56.6 cm³/mol. The third-order valence-corrected chi connectivity index (χ3v) is 1.31. The first-order valence-corrected chi connectivity index (χ1v) is 6.02. The largest absolute Gasteiger partial charge is 0.764 e. The van der Waals surface area contributed by atoms with Gasteiger partial charge in [-0.05, 0) is 20.8 Å². The number of hydrogen-bond donors (Lipinski definition) is 3. The Balaban J connectivity index is -0.000000147. The van der Waals surface area contributed by atoms with Crippen LogP contribution in [0.25, 0.3) is 0 Å². The van der Waals surface area contributed by atoms with Crippen LogP contribution in [0.3, 0.4) is 0 Å². The lowest BCUT2D eigenvalue weighted by molar-refractivity contribution is 0.162. The molecule has 0 saturated carbocycles. The molecule has 0 amide bonds. The molecule has 0 radical (unpaired) electrons. The Morgan fingerprint density at radius 3 is 1.40 bits per heavy atom. The van der Waals surface area contributed by atoms with Crippen LogP contribution in [0, 0.1) is 0 Å². The second-order valence-electron chi connectivity index (χ2n) is 1.93. The summed E-state index contributed by atoms with van der Waals surface area (Å²) in [7, 11) is -2.64. The second kappa shape index (κ2) is 23.4. The SMILES string of the molecule is CCOCC.CCO[Si](=O)O.OCCO. The van der Waals surface area contributed by atoms with Gasteiger partial charge in [0, 0.05) is 13.2 Å². The van der Waals surface area contributed by atoms with E-state index in [-0.39, 0.29) is 13.2 Å². The van der Waals surface area contributed by atoms with Crippen LogP contribution in [0.5, 0.6) is 0 Å². The molecule has 0 saturated heterocycles. The molecule has 7 heteroatoms. The van der Waals surface area contributed by atoms with Gasteiger partial charge in [-0.25, -0.2) is 0 Å². The van der Waals surface area contributed by atoms with Crippen LogP contribution in [0.1, 0.15) is 20.8 Å². The maximum atomic E-state index is 9.56. The minimum atomic E-state index is -2.64. The maximum absolute atomic E-state index is 9.56. The van der Waals surface area contributed by atoms with Crippen molar-refractivity contribution in [3.05, 3.63) is 0 Å². The first-order chi connectivity index (χ1) is 7.10. The summed E-state index contributed by atoms with van der Waals surface area (Å²) in [6, 6.07) is 0. The van der Waals surface area contributed by atoms with Crippen molar-refractivity contribution < 1.29 is 28.6 Å². The number of aliphatic hydroxyl groups is 2. The highest BCUT2D eigenvalue weighted by atomic mass is 28.3. The average Bonchev–Trinajstić information content (AvgIpc) is 2.20. The molecule has 94 valence electrons. The summed E-state index contributed by atoms with van der Waals surface area (Å²) < 4.78 is 18.5. The van der Waals surface area contributed by atoms with E-state index >= 15 is 0 Å².